The van der Waals surface area contributed by atoms with Gasteiger partial charge in [0.25, 0.3) is 11.8 Å². The van der Waals surface area contributed by atoms with Crippen molar-refractivity contribution >= 4 is 46.4 Å². The molecule has 2 aromatic carbocycles. The van der Waals surface area contributed by atoms with Crippen LogP contribution in [0.4, 0.5) is 0 Å². The Morgan fingerprint density at radius 2 is 1.88 bits per heavy atom. The third-order valence-corrected chi connectivity index (χ3v) is 6.51. The van der Waals surface area contributed by atoms with E-state index in [2.05, 4.69) is 4.99 Å². The van der Waals surface area contributed by atoms with Gasteiger partial charge in [-0.3, -0.25) is 19.5 Å². The molecule has 0 aromatic heterocycles. The molecule has 2 fully saturated rings. The zero-order valence-electron chi connectivity index (χ0n) is 18.6. The third-order valence-electron chi connectivity index (χ3n) is 6.03. The van der Waals surface area contributed by atoms with Gasteiger partial charge < -0.3 is 15.7 Å². The Kier molecular flexibility index (Phi) is 7.56. The molecule has 7 nitrogen and oxygen atoms in total. The molecule has 0 saturated carbocycles. The topological polar surface area (TPSA) is 99.2 Å². The summed E-state index contributed by atoms with van der Waals surface area (Å²) in [5.74, 6) is -0.800. The maximum Gasteiger partial charge on any atom is 0.280 e. The second-order valence-corrected chi connectivity index (χ2v) is 9.16. The Labute approximate surface area is 208 Å². The standard InChI is InChI=1S/C25H26Cl2N4O3/c26-18-9-7-16(8-10-18)15-29-22-23(21(28)17-4-1-5-19(27)14-17)30-11-2-6-20(30)24(33)31(25(22)34)12-3-13-32/h1,4-5,7-10,14,20,32H,2-3,6,11-13,15,28H2. The van der Waals surface area contributed by atoms with Gasteiger partial charge in [0.05, 0.1) is 17.9 Å². The third kappa shape index (κ3) is 4.97. The fourth-order valence-corrected chi connectivity index (χ4v) is 4.67. The highest BCUT2D eigenvalue weighted by atomic mass is 35.5. The minimum absolute atomic E-state index is 0.114. The van der Waals surface area contributed by atoms with Crippen LogP contribution >= 0.6 is 23.2 Å². The van der Waals surface area contributed by atoms with Gasteiger partial charge in [-0.2, -0.15) is 0 Å². The highest BCUT2D eigenvalue weighted by molar-refractivity contribution is 6.48. The molecule has 2 saturated heterocycles. The number of carbonyl (C=O) groups is 2. The lowest BCUT2D eigenvalue weighted by atomic mass is 10.1. The summed E-state index contributed by atoms with van der Waals surface area (Å²) in [5.41, 5.74) is 9.08. The molecule has 0 spiro atoms. The molecule has 2 aliphatic rings. The van der Waals surface area contributed by atoms with Gasteiger partial charge in [-0.05, 0) is 49.1 Å². The van der Waals surface area contributed by atoms with Crippen LogP contribution in [0.2, 0.25) is 10.0 Å². The van der Waals surface area contributed by atoms with E-state index in [1.54, 1.807) is 30.3 Å². The average molecular weight is 501 g/mol. The van der Waals surface area contributed by atoms with Crippen molar-refractivity contribution < 1.29 is 14.7 Å². The monoisotopic (exact) mass is 500 g/mol. The number of aliphatic hydroxyl groups is 1. The first-order chi connectivity index (χ1) is 16.4. The number of rotatable bonds is 6. The van der Waals surface area contributed by atoms with E-state index in [0.29, 0.717) is 40.0 Å². The van der Waals surface area contributed by atoms with E-state index in [-0.39, 0.29) is 37.7 Å². The van der Waals surface area contributed by atoms with Crippen LogP contribution in [-0.2, 0) is 16.1 Å². The highest BCUT2D eigenvalue weighted by Gasteiger charge is 2.45. The van der Waals surface area contributed by atoms with Crippen molar-refractivity contribution in [3.63, 3.8) is 0 Å². The number of nitrogens with zero attached hydrogens (tertiary/aromatic N) is 3. The van der Waals surface area contributed by atoms with Gasteiger partial charge >= 0.3 is 0 Å². The summed E-state index contributed by atoms with van der Waals surface area (Å²) >= 11 is 12.2. The number of hydrogen-bond donors (Lipinski definition) is 2. The van der Waals surface area contributed by atoms with Crippen molar-refractivity contribution in [3.8, 4) is 0 Å². The number of benzene rings is 2. The van der Waals surface area contributed by atoms with E-state index in [4.69, 9.17) is 28.9 Å². The Hall–Kier alpha value is -2.87. The Bertz CT molecular complexity index is 1150. The zero-order chi connectivity index (χ0) is 24.2. The highest BCUT2D eigenvalue weighted by Crippen LogP contribution is 2.32. The summed E-state index contributed by atoms with van der Waals surface area (Å²) in [5, 5.41) is 10.5. The quantitative estimate of drug-likeness (QED) is 0.591. The SMILES string of the molecule is NC(=C1C(=NCc2ccc(Cl)cc2)C(=O)N(CCCO)C(=O)C2CCCN12)c1cccc(Cl)c1. The molecule has 9 heteroatoms. The summed E-state index contributed by atoms with van der Waals surface area (Å²) < 4.78 is 0. The van der Waals surface area contributed by atoms with Gasteiger partial charge in [-0.15, -0.1) is 0 Å². The average Bonchev–Trinajstić information content (AvgIpc) is 3.29. The van der Waals surface area contributed by atoms with E-state index >= 15 is 0 Å². The smallest absolute Gasteiger partial charge is 0.280 e. The van der Waals surface area contributed by atoms with Crippen LogP contribution in [0, 0.1) is 0 Å². The Morgan fingerprint density at radius 1 is 1.12 bits per heavy atom. The van der Waals surface area contributed by atoms with Gasteiger partial charge in [0.15, 0.2) is 0 Å². The van der Waals surface area contributed by atoms with E-state index in [0.717, 1.165) is 12.0 Å². The molecular weight excluding hydrogens is 475 g/mol. The Balaban J connectivity index is 1.87. The van der Waals surface area contributed by atoms with Crippen LogP contribution in [0.5, 0.6) is 0 Å². The molecule has 0 radical (unpaired) electrons. The second kappa shape index (κ2) is 10.6. The van der Waals surface area contributed by atoms with Crippen molar-refractivity contribution in [2.75, 3.05) is 19.7 Å². The maximum absolute atomic E-state index is 13.7. The molecular formula is C25H26Cl2N4O3. The fourth-order valence-electron chi connectivity index (χ4n) is 4.35. The number of amides is 2. The lowest BCUT2D eigenvalue weighted by molar-refractivity contribution is -0.143. The molecule has 2 amide bonds. The minimum atomic E-state index is -0.515. The normalized spacial score (nSPS) is 21.1. The van der Waals surface area contributed by atoms with E-state index < -0.39 is 11.9 Å². The van der Waals surface area contributed by atoms with Crippen LogP contribution in [0.15, 0.2) is 59.2 Å². The maximum atomic E-state index is 13.7. The molecule has 0 aliphatic carbocycles. The molecule has 178 valence electrons. The summed E-state index contributed by atoms with van der Waals surface area (Å²) in [6.45, 7) is 0.776. The van der Waals surface area contributed by atoms with Crippen LogP contribution in [0.1, 0.15) is 30.4 Å². The number of carbonyl (C=O) groups excluding carboxylic acids is 2. The van der Waals surface area contributed by atoms with Crippen molar-refractivity contribution in [2.45, 2.75) is 31.8 Å². The summed E-state index contributed by atoms with van der Waals surface area (Å²) in [6.07, 6.45) is 1.69. The molecule has 0 bridgehead atoms. The minimum Gasteiger partial charge on any atom is -0.396 e. The van der Waals surface area contributed by atoms with Crippen molar-refractivity contribution in [1.29, 1.82) is 0 Å². The predicted octanol–water partition coefficient (Wildman–Crippen LogP) is 3.48. The number of imide groups is 1. The largest absolute Gasteiger partial charge is 0.396 e. The molecule has 2 aliphatic heterocycles. The Morgan fingerprint density at radius 3 is 2.59 bits per heavy atom. The van der Waals surface area contributed by atoms with Gasteiger partial charge in [0.1, 0.15) is 11.8 Å². The van der Waals surface area contributed by atoms with E-state index in [1.807, 2.05) is 23.1 Å². The van der Waals surface area contributed by atoms with E-state index in [9.17, 15) is 14.7 Å². The number of hydrogen-bond acceptors (Lipinski definition) is 6. The lowest BCUT2D eigenvalue weighted by Gasteiger charge is -2.27. The zero-order valence-corrected chi connectivity index (χ0v) is 20.1. The summed E-state index contributed by atoms with van der Waals surface area (Å²) in [4.78, 5) is 34.9. The van der Waals surface area contributed by atoms with E-state index in [1.165, 1.54) is 4.90 Å². The number of halogens is 2. The second-order valence-electron chi connectivity index (χ2n) is 8.29. The number of aliphatic imine (C=N–C) groups is 1. The lowest BCUT2D eigenvalue weighted by Crippen LogP contribution is -2.45. The molecule has 2 aromatic rings. The van der Waals surface area contributed by atoms with Crippen LogP contribution < -0.4 is 5.73 Å². The molecule has 3 N–H and O–H groups in total. The van der Waals surface area contributed by atoms with Gasteiger partial charge in [0, 0.05) is 35.3 Å². The molecule has 1 unspecified atom stereocenters. The van der Waals surface area contributed by atoms with Crippen molar-refractivity contribution in [2.24, 2.45) is 10.7 Å². The summed E-state index contributed by atoms with van der Waals surface area (Å²) in [7, 11) is 0. The molecule has 34 heavy (non-hydrogen) atoms. The number of fused-ring (bicyclic) bond motifs is 1. The molecule has 4 rings (SSSR count). The van der Waals surface area contributed by atoms with Crippen LogP contribution in [0.25, 0.3) is 5.70 Å². The summed E-state index contributed by atoms with van der Waals surface area (Å²) in [6, 6.07) is 13.8. The van der Waals surface area contributed by atoms with Gasteiger partial charge in [-0.1, -0.05) is 47.5 Å². The van der Waals surface area contributed by atoms with Crippen molar-refractivity contribution in [1.82, 2.24) is 9.80 Å². The van der Waals surface area contributed by atoms with Crippen LogP contribution in [0.3, 0.4) is 0 Å². The first kappa shape index (κ1) is 24.3. The first-order valence-corrected chi connectivity index (χ1v) is 11.9. The van der Waals surface area contributed by atoms with Crippen LogP contribution in [-0.4, -0.2) is 58.2 Å². The van der Waals surface area contributed by atoms with Gasteiger partial charge in [-0.25, -0.2) is 0 Å². The number of aliphatic hydroxyl groups excluding tert-OH is 1. The fraction of sp³-hybridized carbons (Fsp3) is 0.320. The molecule has 2 heterocycles. The predicted molar refractivity (Wildman–Crippen MR) is 133 cm³/mol. The number of nitrogens with two attached hydrogens (primary N) is 1. The first-order valence-electron chi connectivity index (χ1n) is 11.2. The van der Waals surface area contributed by atoms with Gasteiger partial charge in [0.2, 0.25) is 0 Å². The van der Waals surface area contributed by atoms with Crippen molar-refractivity contribution in [3.05, 3.63) is 75.4 Å². The molecule has 1 atom stereocenters.